The van der Waals surface area contributed by atoms with E-state index in [0.29, 0.717) is 10.8 Å². The van der Waals surface area contributed by atoms with Crippen molar-refractivity contribution in [2.75, 3.05) is 6.61 Å². The Hall–Kier alpha value is -1.42. The summed E-state index contributed by atoms with van der Waals surface area (Å²) in [5.41, 5.74) is 5.32. The van der Waals surface area contributed by atoms with Gasteiger partial charge < -0.3 is 16.3 Å². The first-order chi connectivity index (χ1) is 6.22. The molecule has 0 bridgehead atoms. The van der Waals surface area contributed by atoms with Crippen LogP contribution >= 0.6 is 11.6 Å². The Balaban J connectivity index is 2.51. The summed E-state index contributed by atoms with van der Waals surface area (Å²) in [6.45, 7) is 0.179. The molecule has 4 N–H and O–H groups in total. The second-order valence-corrected chi connectivity index (χ2v) is 2.80. The topological polar surface area (TPSA) is 73.6 Å². The molecule has 0 fully saturated rings. The molecule has 0 spiro atoms. The highest BCUT2D eigenvalue weighted by Gasteiger charge is 1.95. The third kappa shape index (κ3) is 3.21. The Morgan fingerprint density at radius 2 is 2.00 bits per heavy atom. The van der Waals surface area contributed by atoms with Crippen LogP contribution in [0.4, 0.5) is 0 Å². The molecule has 0 aliphatic heterocycles. The number of amidine groups is 1. The third-order valence-electron chi connectivity index (χ3n) is 1.37. The highest BCUT2D eigenvalue weighted by molar-refractivity contribution is 6.30. The van der Waals surface area contributed by atoms with Crippen LogP contribution in [0.3, 0.4) is 0 Å². The Kier molecular flexibility index (Phi) is 3.40. The van der Waals surface area contributed by atoms with E-state index >= 15 is 0 Å². The zero-order chi connectivity index (χ0) is 9.68. The Morgan fingerprint density at radius 3 is 2.54 bits per heavy atom. The summed E-state index contributed by atoms with van der Waals surface area (Å²) in [5.74, 6) is 5.84. The number of hydrogen-bond donors (Lipinski definition) is 2. The van der Waals surface area contributed by atoms with Gasteiger partial charge in [0.05, 0.1) is 0 Å². The molecule has 13 heavy (non-hydrogen) atoms. The van der Waals surface area contributed by atoms with Crippen LogP contribution in [0.2, 0.25) is 5.02 Å². The molecular weight excluding hydrogens is 190 g/mol. The molecule has 0 aliphatic carbocycles. The second-order valence-electron chi connectivity index (χ2n) is 2.36. The molecule has 0 radical (unpaired) electrons. The van der Waals surface area contributed by atoms with Crippen molar-refractivity contribution in [1.82, 2.24) is 0 Å². The number of nitrogens with zero attached hydrogens (tertiary/aromatic N) is 1. The highest BCUT2D eigenvalue weighted by atomic mass is 35.5. The molecule has 0 unspecified atom stereocenters. The van der Waals surface area contributed by atoms with Crippen molar-refractivity contribution >= 4 is 17.4 Å². The second kappa shape index (κ2) is 4.57. The number of rotatable bonds is 3. The van der Waals surface area contributed by atoms with E-state index < -0.39 is 0 Å². The van der Waals surface area contributed by atoms with Crippen LogP contribution in [-0.4, -0.2) is 12.4 Å². The predicted molar refractivity (Wildman–Crippen MR) is 52.8 cm³/mol. The summed E-state index contributed by atoms with van der Waals surface area (Å²) in [4.78, 5) is 0. The van der Waals surface area contributed by atoms with E-state index in [1.54, 1.807) is 24.3 Å². The fraction of sp³-hybridized carbons (Fsp3) is 0.125. The van der Waals surface area contributed by atoms with Gasteiger partial charge in [-0.2, -0.15) is 5.10 Å². The van der Waals surface area contributed by atoms with E-state index in [1.807, 2.05) is 0 Å². The summed E-state index contributed by atoms with van der Waals surface area (Å²) in [7, 11) is 0. The summed E-state index contributed by atoms with van der Waals surface area (Å²) >= 11 is 5.68. The number of halogens is 1. The zero-order valence-electron chi connectivity index (χ0n) is 6.90. The molecular formula is C8H10ClN3O. The van der Waals surface area contributed by atoms with Gasteiger partial charge in [0.15, 0.2) is 5.84 Å². The van der Waals surface area contributed by atoms with Gasteiger partial charge in [-0.3, -0.25) is 0 Å². The quantitative estimate of drug-likeness (QED) is 0.330. The lowest BCUT2D eigenvalue weighted by Gasteiger charge is -2.04. The SMILES string of the molecule is NN=C(N)COc1ccc(Cl)cc1. The molecule has 0 aromatic heterocycles. The maximum Gasteiger partial charge on any atom is 0.157 e. The molecule has 0 saturated heterocycles. The van der Waals surface area contributed by atoms with E-state index in [0.717, 1.165) is 0 Å². The average molecular weight is 200 g/mol. The van der Waals surface area contributed by atoms with Gasteiger partial charge in [0, 0.05) is 5.02 Å². The van der Waals surface area contributed by atoms with Gasteiger partial charge in [-0.05, 0) is 24.3 Å². The van der Waals surface area contributed by atoms with Gasteiger partial charge in [0.2, 0.25) is 0 Å². The van der Waals surface area contributed by atoms with Crippen molar-refractivity contribution in [2.24, 2.45) is 16.7 Å². The van der Waals surface area contributed by atoms with E-state index in [9.17, 15) is 0 Å². The lowest BCUT2D eigenvalue weighted by Crippen LogP contribution is -2.22. The first-order valence-corrected chi connectivity index (χ1v) is 4.01. The molecule has 0 atom stereocenters. The van der Waals surface area contributed by atoms with E-state index in [1.165, 1.54) is 0 Å². The molecule has 1 rings (SSSR count). The predicted octanol–water partition coefficient (Wildman–Crippen LogP) is 0.950. The first kappa shape index (κ1) is 9.67. The molecule has 0 saturated carbocycles. The molecule has 5 heteroatoms. The molecule has 4 nitrogen and oxygen atoms in total. The maximum atomic E-state index is 5.68. The average Bonchev–Trinajstić information content (AvgIpc) is 2.16. The largest absolute Gasteiger partial charge is 0.486 e. The Labute approximate surface area is 81.1 Å². The Morgan fingerprint density at radius 1 is 1.38 bits per heavy atom. The minimum absolute atomic E-state index is 0.179. The molecule has 0 aliphatic rings. The van der Waals surface area contributed by atoms with Crippen LogP contribution in [0.5, 0.6) is 5.75 Å². The molecule has 1 aromatic carbocycles. The fourth-order valence-electron chi connectivity index (χ4n) is 0.725. The summed E-state index contributed by atoms with van der Waals surface area (Å²) in [6, 6.07) is 6.94. The van der Waals surface area contributed by atoms with Gasteiger partial charge in [0.25, 0.3) is 0 Å². The number of benzene rings is 1. The van der Waals surface area contributed by atoms with E-state index in [-0.39, 0.29) is 12.4 Å². The summed E-state index contributed by atoms with van der Waals surface area (Å²) < 4.78 is 5.22. The fourth-order valence-corrected chi connectivity index (χ4v) is 0.851. The van der Waals surface area contributed by atoms with Crippen molar-refractivity contribution < 1.29 is 4.74 Å². The summed E-state index contributed by atoms with van der Waals surface area (Å²) in [6.07, 6.45) is 0. The van der Waals surface area contributed by atoms with Crippen molar-refractivity contribution in [1.29, 1.82) is 0 Å². The Bertz CT molecular complexity index is 297. The van der Waals surface area contributed by atoms with Gasteiger partial charge in [-0.25, -0.2) is 0 Å². The van der Waals surface area contributed by atoms with Crippen LogP contribution < -0.4 is 16.3 Å². The van der Waals surface area contributed by atoms with Gasteiger partial charge in [0.1, 0.15) is 12.4 Å². The van der Waals surface area contributed by atoms with Crippen molar-refractivity contribution in [3.8, 4) is 5.75 Å². The monoisotopic (exact) mass is 199 g/mol. The maximum absolute atomic E-state index is 5.68. The smallest absolute Gasteiger partial charge is 0.157 e. The van der Waals surface area contributed by atoms with Gasteiger partial charge in [-0.15, -0.1) is 0 Å². The molecule has 1 aromatic rings. The molecule has 70 valence electrons. The van der Waals surface area contributed by atoms with Gasteiger partial charge >= 0.3 is 0 Å². The zero-order valence-corrected chi connectivity index (χ0v) is 7.66. The minimum atomic E-state index is 0.179. The van der Waals surface area contributed by atoms with Gasteiger partial charge in [-0.1, -0.05) is 11.6 Å². The number of ether oxygens (including phenoxy) is 1. The van der Waals surface area contributed by atoms with Crippen LogP contribution in [0, 0.1) is 0 Å². The number of nitrogens with two attached hydrogens (primary N) is 2. The van der Waals surface area contributed by atoms with Crippen molar-refractivity contribution in [3.05, 3.63) is 29.3 Å². The normalized spacial score (nSPS) is 11.3. The minimum Gasteiger partial charge on any atom is -0.486 e. The third-order valence-corrected chi connectivity index (χ3v) is 1.62. The van der Waals surface area contributed by atoms with Crippen LogP contribution in [0.1, 0.15) is 0 Å². The van der Waals surface area contributed by atoms with Crippen LogP contribution in [0.15, 0.2) is 29.4 Å². The number of hydrazone groups is 1. The molecule has 0 amide bonds. The van der Waals surface area contributed by atoms with Crippen molar-refractivity contribution in [2.45, 2.75) is 0 Å². The van der Waals surface area contributed by atoms with Crippen LogP contribution in [-0.2, 0) is 0 Å². The first-order valence-electron chi connectivity index (χ1n) is 3.63. The van der Waals surface area contributed by atoms with Crippen LogP contribution in [0.25, 0.3) is 0 Å². The lowest BCUT2D eigenvalue weighted by molar-refractivity contribution is 0.375. The standard InChI is InChI=1S/C8H10ClN3O/c9-6-1-3-7(4-2-6)13-5-8(10)12-11/h1-4H,5,11H2,(H2,10,12). The highest BCUT2D eigenvalue weighted by Crippen LogP contribution is 2.14. The van der Waals surface area contributed by atoms with E-state index in [4.69, 9.17) is 27.9 Å². The summed E-state index contributed by atoms with van der Waals surface area (Å²) in [5, 5.41) is 3.92. The number of hydrogen-bond acceptors (Lipinski definition) is 3. The lowest BCUT2D eigenvalue weighted by atomic mass is 10.3. The van der Waals surface area contributed by atoms with E-state index in [2.05, 4.69) is 5.10 Å². The molecule has 0 heterocycles. The van der Waals surface area contributed by atoms with Crippen molar-refractivity contribution in [3.63, 3.8) is 0 Å².